The summed E-state index contributed by atoms with van der Waals surface area (Å²) in [4.78, 5) is 0. The highest BCUT2D eigenvalue weighted by Gasteiger charge is 2.19. The van der Waals surface area contributed by atoms with Gasteiger partial charge in [0.15, 0.2) is 0 Å². The summed E-state index contributed by atoms with van der Waals surface area (Å²) in [6.45, 7) is 5.96. The Balaban J connectivity index is 2.00. The molecule has 84 valence electrons. The Morgan fingerprint density at radius 1 is 1.67 bits per heavy atom. The van der Waals surface area contributed by atoms with Crippen LogP contribution in [0.5, 0.6) is 0 Å². The van der Waals surface area contributed by atoms with Gasteiger partial charge in [-0.25, -0.2) is 0 Å². The number of nitrogens with one attached hydrogen (secondary N) is 1. The van der Waals surface area contributed by atoms with E-state index in [1.807, 2.05) is 11.7 Å². The third-order valence-corrected chi connectivity index (χ3v) is 2.93. The lowest BCUT2D eigenvalue weighted by atomic mass is 10.1. The average molecular weight is 209 g/mol. The molecule has 1 fully saturated rings. The van der Waals surface area contributed by atoms with Gasteiger partial charge in [0.05, 0.1) is 12.3 Å². The van der Waals surface area contributed by atoms with Crippen LogP contribution in [0.1, 0.15) is 30.6 Å². The fraction of sp³-hybridized carbons (Fsp3) is 0.727. The molecule has 2 heterocycles. The maximum absolute atomic E-state index is 5.35. The van der Waals surface area contributed by atoms with Crippen molar-refractivity contribution in [2.24, 2.45) is 7.05 Å². The molecule has 0 saturated carbocycles. The van der Waals surface area contributed by atoms with E-state index in [-0.39, 0.29) is 0 Å². The summed E-state index contributed by atoms with van der Waals surface area (Å²) in [7, 11) is 1.96. The molecule has 1 saturated heterocycles. The summed E-state index contributed by atoms with van der Waals surface area (Å²) in [5.41, 5.74) is 2.39. The SMILES string of the molecule is Cc1nn(C)cc1C(C)NC1CCOC1. The summed E-state index contributed by atoms with van der Waals surface area (Å²) in [5, 5.41) is 7.92. The summed E-state index contributed by atoms with van der Waals surface area (Å²) in [6.07, 6.45) is 3.20. The molecule has 4 heteroatoms. The monoisotopic (exact) mass is 209 g/mol. The van der Waals surface area contributed by atoms with Crippen LogP contribution in [-0.2, 0) is 11.8 Å². The van der Waals surface area contributed by atoms with E-state index in [2.05, 4.69) is 30.5 Å². The molecule has 2 unspecified atom stereocenters. The van der Waals surface area contributed by atoms with Crippen LogP contribution in [0.2, 0.25) is 0 Å². The fourth-order valence-corrected chi connectivity index (χ4v) is 2.15. The van der Waals surface area contributed by atoms with E-state index in [0.717, 1.165) is 25.3 Å². The second kappa shape index (κ2) is 4.33. The number of aromatic nitrogens is 2. The molecular weight excluding hydrogens is 190 g/mol. The minimum absolute atomic E-state index is 0.352. The van der Waals surface area contributed by atoms with Crippen molar-refractivity contribution >= 4 is 0 Å². The number of hydrogen-bond acceptors (Lipinski definition) is 3. The molecule has 4 nitrogen and oxygen atoms in total. The highest BCUT2D eigenvalue weighted by Crippen LogP contribution is 2.17. The van der Waals surface area contributed by atoms with E-state index in [1.54, 1.807) is 0 Å². The normalized spacial score (nSPS) is 23.3. The van der Waals surface area contributed by atoms with Gasteiger partial charge in [-0.3, -0.25) is 4.68 Å². The van der Waals surface area contributed by atoms with Gasteiger partial charge in [-0.1, -0.05) is 0 Å². The molecule has 0 radical (unpaired) electrons. The van der Waals surface area contributed by atoms with Crippen LogP contribution in [-0.4, -0.2) is 29.0 Å². The van der Waals surface area contributed by atoms with Crippen molar-refractivity contribution in [3.8, 4) is 0 Å². The standard InChI is InChI=1S/C11H19N3O/c1-8(12-10-4-5-15-7-10)11-6-14(3)13-9(11)2/h6,8,10,12H,4-5,7H2,1-3H3. The Kier molecular flexibility index (Phi) is 3.07. The highest BCUT2D eigenvalue weighted by atomic mass is 16.5. The second-order valence-electron chi connectivity index (χ2n) is 4.29. The smallest absolute Gasteiger partial charge is 0.0641 e. The maximum Gasteiger partial charge on any atom is 0.0641 e. The first-order valence-corrected chi connectivity index (χ1v) is 5.50. The van der Waals surface area contributed by atoms with Gasteiger partial charge in [0, 0.05) is 37.5 Å². The Hall–Kier alpha value is -0.870. The van der Waals surface area contributed by atoms with Gasteiger partial charge in [0.25, 0.3) is 0 Å². The van der Waals surface area contributed by atoms with E-state index in [1.165, 1.54) is 5.56 Å². The molecule has 1 aromatic heterocycles. The topological polar surface area (TPSA) is 39.1 Å². The van der Waals surface area contributed by atoms with Gasteiger partial charge >= 0.3 is 0 Å². The van der Waals surface area contributed by atoms with E-state index >= 15 is 0 Å². The van der Waals surface area contributed by atoms with Crippen molar-refractivity contribution in [2.75, 3.05) is 13.2 Å². The largest absolute Gasteiger partial charge is 0.380 e. The zero-order chi connectivity index (χ0) is 10.8. The van der Waals surface area contributed by atoms with E-state index in [4.69, 9.17) is 4.74 Å². The van der Waals surface area contributed by atoms with E-state index in [0.29, 0.717) is 12.1 Å². The summed E-state index contributed by atoms with van der Waals surface area (Å²) in [5.74, 6) is 0. The molecule has 0 amide bonds. The van der Waals surface area contributed by atoms with Crippen molar-refractivity contribution < 1.29 is 4.74 Å². The average Bonchev–Trinajstić information content (AvgIpc) is 2.75. The van der Waals surface area contributed by atoms with Crippen LogP contribution in [0.15, 0.2) is 6.20 Å². The third-order valence-electron chi connectivity index (χ3n) is 2.93. The molecule has 1 aromatic rings. The lowest BCUT2D eigenvalue weighted by Crippen LogP contribution is -2.31. The molecule has 1 N–H and O–H groups in total. The second-order valence-corrected chi connectivity index (χ2v) is 4.29. The van der Waals surface area contributed by atoms with E-state index < -0.39 is 0 Å². The van der Waals surface area contributed by atoms with Gasteiger partial charge in [-0.2, -0.15) is 5.10 Å². The Morgan fingerprint density at radius 2 is 2.47 bits per heavy atom. The van der Waals surface area contributed by atoms with Crippen molar-refractivity contribution in [3.63, 3.8) is 0 Å². The molecule has 0 spiro atoms. The number of nitrogens with zero attached hydrogens (tertiary/aromatic N) is 2. The first kappa shape index (κ1) is 10.6. The lowest BCUT2D eigenvalue weighted by molar-refractivity contribution is 0.188. The van der Waals surface area contributed by atoms with Crippen LogP contribution in [0.25, 0.3) is 0 Å². The van der Waals surface area contributed by atoms with Crippen molar-refractivity contribution in [2.45, 2.75) is 32.4 Å². The predicted molar refractivity (Wildman–Crippen MR) is 58.7 cm³/mol. The Morgan fingerprint density at radius 3 is 3.00 bits per heavy atom. The van der Waals surface area contributed by atoms with Crippen LogP contribution in [0, 0.1) is 6.92 Å². The summed E-state index contributed by atoms with van der Waals surface area (Å²) < 4.78 is 7.21. The lowest BCUT2D eigenvalue weighted by Gasteiger charge is -2.17. The molecule has 2 rings (SSSR count). The molecule has 0 aromatic carbocycles. The number of aryl methyl sites for hydroxylation is 2. The molecule has 1 aliphatic rings. The van der Waals surface area contributed by atoms with Gasteiger partial charge in [0.1, 0.15) is 0 Å². The zero-order valence-electron chi connectivity index (χ0n) is 9.66. The maximum atomic E-state index is 5.35. The Bertz CT molecular complexity index is 329. The number of hydrogen-bond donors (Lipinski definition) is 1. The summed E-state index contributed by atoms with van der Waals surface area (Å²) in [6, 6.07) is 0.852. The first-order valence-electron chi connectivity index (χ1n) is 5.50. The van der Waals surface area contributed by atoms with Crippen LogP contribution < -0.4 is 5.32 Å². The molecule has 0 aliphatic carbocycles. The van der Waals surface area contributed by atoms with Crippen molar-refractivity contribution in [3.05, 3.63) is 17.5 Å². The molecule has 15 heavy (non-hydrogen) atoms. The van der Waals surface area contributed by atoms with Crippen LogP contribution in [0.4, 0.5) is 0 Å². The van der Waals surface area contributed by atoms with Gasteiger partial charge in [-0.15, -0.1) is 0 Å². The fourth-order valence-electron chi connectivity index (χ4n) is 2.15. The molecular formula is C11H19N3O. The highest BCUT2D eigenvalue weighted by molar-refractivity contribution is 5.19. The quantitative estimate of drug-likeness (QED) is 0.812. The van der Waals surface area contributed by atoms with Crippen molar-refractivity contribution in [1.29, 1.82) is 0 Å². The molecule has 0 bridgehead atoms. The number of ether oxygens (including phenoxy) is 1. The minimum Gasteiger partial charge on any atom is -0.380 e. The number of rotatable bonds is 3. The molecule has 1 aliphatic heterocycles. The Labute approximate surface area is 90.6 Å². The predicted octanol–water partition coefficient (Wildman–Crippen LogP) is 1.17. The van der Waals surface area contributed by atoms with Crippen LogP contribution >= 0.6 is 0 Å². The minimum atomic E-state index is 0.352. The van der Waals surface area contributed by atoms with Crippen molar-refractivity contribution in [1.82, 2.24) is 15.1 Å². The van der Waals surface area contributed by atoms with Gasteiger partial charge in [0.2, 0.25) is 0 Å². The van der Waals surface area contributed by atoms with Gasteiger partial charge < -0.3 is 10.1 Å². The van der Waals surface area contributed by atoms with E-state index in [9.17, 15) is 0 Å². The third kappa shape index (κ3) is 2.38. The van der Waals surface area contributed by atoms with Crippen LogP contribution in [0.3, 0.4) is 0 Å². The molecule has 2 atom stereocenters. The first-order chi connectivity index (χ1) is 7.16. The summed E-state index contributed by atoms with van der Waals surface area (Å²) >= 11 is 0. The zero-order valence-corrected chi connectivity index (χ0v) is 9.66. The van der Waals surface area contributed by atoms with Gasteiger partial charge in [-0.05, 0) is 20.3 Å².